The van der Waals surface area contributed by atoms with Crippen LogP contribution in [0.2, 0.25) is 0 Å². The van der Waals surface area contributed by atoms with Gasteiger partial charge in [0.2, 0.25) is 5.88 Å². The molecule has 0 spiro atoms. The molecule has 3 rings (SSSR count). The number of amides is 1. The van der Waals surface area contributed by atoms with Gasteiger partial charge in [-0.05, 0) is 0 Å². The summed E-state index contributed by atoms with van der Waals surface area (Å²) in [5, 5.41) is 18.8. The summed E-state index contributed by atoms with van der Waals surface area (Å²) in [5.74, 6) is -4.23. The van der Waals surface area contributed by atoms with E-state index in [0.29, 0.717) is 4.90 Å². The largest absolute Gasteiger partial charge is 0.493 e. The molecule has 2 aromatic heterocycles. The molecule has 9 nitrogen and oxygen atoms in total. The van der Waals surface area contributed by atoms with Gasteiger partial charge in [-0.2, -0.15) is 0 Å². The summed E-state index contributed by atoms with van der Waals surface area (Å²) < 4.78 is 39.1. The van der Waals surface area contributed by atoms with E-state index in [0.717, 1.165) is 6.33 Å². The second-order valence-electron chi connectivity index (χ2n) is 5.41. The maximum atomic E-state index is 14.3. The molecule has 1 aliphatic heterocycles. The minimum atomic E-state index is -3.44. The number of rotatable bonds is 3. The zero-order chi connectivity index (χ0) is 18.2. The molecule has 0 unspecified atom stereocenters. The summed E-state index contributed by atoms with van der Waals surface area (Å²) in [6, 6.07) is 0. The highest BCUT2D eigenvalue weighted by Crippen LogP contribution is 2.40. The SMILES string of the molecule is COc1ncc2ncnc(O)c2c1O[C@@H]1CCN(C(=O)O)CC1(F)F. The van der Waals surface area contributed by atoms with E-state index in [1.165, 1.54) is 13.3 Å². The highest BCUT2D eigenvalue weighted by molar-refractivity contribution is 5.90. The van der Waals surface area contributed by atoms with Gasteiger partial charge in [0, 0.05) is 13.0 Å². The van der Waals surface area contributed by atoms with Crippen LogP contribution in [0.25, 0.3) is 10.9 Å². The lowest BCUT2D eigenvalue weighted by Gasteiger charge is -2.36. The molecule has 1 fully saturated rings. The number of ether oxygens (including phenoxy) is 2. The first-order valence-corrected chi connectivity index (χ1v) is 7.22. The normalized spacial score (nSPS) is 19.6. The molecule has 134 valence electrons. The van der Waals surface area contributed by atoms with E-state index >= 15 is 0 Å². The van der Waals surface area contributed by atoms with Crippen LogP contribution < -0.4 is 9.47 Å². The molecule has 3 heterocycles. The Kier molecular flexibility index (Phi) is 4.15. The fourth-order valence-electron chi connectivity index (χ4n) is 2.62. The number of methoxy groups -OCH3 is 1. The molecule has 0 aromatic carbocycles. The highest BCUT2D eigenvalue weighted by atomic mass is 19.3. The molecule has 1 aliphatic rings. The fourth-order valence-corrected chi connectivity index (χ4v) is 2.62. The van der Waals surface area contributed by atoms with Gasteiger partial charge < -0.3 is 24.6 Å². The summed E-state index contributed by atoms with van der Waals surface area (Å²) in [4.78, 5) is 23.0. The molecule has 1 saturated heterocycles. The summed E-state index contributed by atoms with van der Waals surface area (Å²) in [5.41, 5.74) is 0.189. The third-order valence-electron chi connectivity index (χ3n) is 3.84. The predicted molar refractivity (Wildman–Crippen MR) is 79.1 cm³/mol. The Hall–Kier alpha value is -2.98. The standard InChI is InChI=1S/C14H14F2N4O5/c1-24-12-10(9-7(4-17-12)18-6-19-11(9)21)25-8-2-3-20(13(22)23)5-14(8,15)16/h4,6,8H,2-3,5H2,1H3,(H,22,23)(H,18,19,21)/t8-/m1/s1. The van der Waals surface area contributed by atoms with Crippen LogP contribution in [-0.2, 0) is 0 Å². The third-order valence-corrected chi connectivity index (χ3v) is 3.84. The third kappa shape index (κ3) is 3.04. The molecule has 0 aliphatic carbocycles. The minimum Gasteiger partial charge on any atom is -0.493 e. The van der Waals surface area contributed by atoms with Gasteiger partial charge in [0.25, 0.3) is 5.88 Å². The molecule has 2 N–H and O–H groups in total. The molecule has 1 amide bonds. The summed E-state index contributed by atoms with van der Waals surface area (Å²) in [6.07, 6.45) is -0.909. The minimum absolute atomic E-state index is 0.00851. The second kappa shape index (κ2) is 6.15. The Morgan fingerprint density at radius 3 is 2.80 bits per heavy atom. The van der Waals surface area contributed by atoms with Gasteiger partial charge in [0.1, 0.15) is 11.7 Å². The molecule has 1 atom stereocenters. The van der Waals surface area contributed by atoms with Gasteiger partial charge in [-0.1, -0.05) is 0 Å². The van der Waals surface area contributed by atoms with Crippen molar-refractivity contribution in [3.8, 4) is 17.5 Å². The molecule has 0 radical (unpaired) electrons. The lowest BCUT2D eigenvalue weighted by molar-refractivity contribution is -0.133. The van der Waals surface area contributed by atoms with E-state index in [1.54, 1.807) is 0 Å². The topological polar surface area (TPSA) is 118 Å². The Morgan fingerprint density at radius 1 is 1.40 bits per heavy atom. The molecule has 0 bridgehead atoms. The number of likely N-dealkylation sites (tertiary alicyclic amines) is 1. The lowest BCUT2D eigenvalue weighted by atomic mass is 10.0. The summed E-state index contributed by atoms with van der Waals surface area (Å²) in [6.45, 7) is -1.10. The number of hydrogen-bond acceptors (Lipinski definition) is 7. The Labute approximate surface area is 139 Å². The zero-order valence-electron chi connectivity index (χ0n) is 13.0. The lowest BCUT2D eigenvalue weighted by Crippen LogP contribution is -2.55. The van der Waals surface area contributed by atoms with E-state index in [-0.39, 0.29) is 35.5 Å². The van der Waals surface area contributed by atoms with Crippen molar-refractivity contribution in [3.05, 3.63) is 12.5 Å². The monoisotopic (exact) mass is 356 g/mol. The number of piperidine rings is 1. The van der Waals surface area contributed by atoms with Crippen molar-refractivity contribution in [1.82, 2.24) is 19.9 Å². The number of aromatic hydroxyl groups is 1. The summed E-state index contributed by atoms with van der Waals surface area (Å²) >= 11 is 0. The van der Waals surface area contributed by atoms with Crippen LogP contribution in [0.5, 0.6) is 17.5 Å². The van der Waals surface area contributed by atoms with E-state index in [1.807, 2.05) is 0 Å². The van der Waals surface area contributed by atoms with Crippen LogP contribution in [0.1, 0.15) is 6.42 Å². The number of aromatic nitrogens is 3. The van der Waals surface area contributed by atoms with Crippen molar-refractivity contribution < 1.29 is 33.3 Å². The average Bonchev–Trinajstić information content (AvgIpc) is 2.56. The number of hydrogen-bond donors (Lipinski definition) is 2. The molecule has 0 saturated carbocycles. The van der Waals surface area contributed by atoms with Gasteiger partial charge >= 0.3 is 12.0 Å². The maximum Gasteiger partial charge on any atom is 0.407 e. The molecule has 2 aromatic rings. The van der Waals surface area contributed by atoms with Crippen molar-refractivity contribution >= 4 is 17.0 Å². The first-order valence-electron chi connectivity index (χ1n) is 7.22. The maximum absolute atomic E-state index is 14.3. The quantitative estimate of drug-likeness (QED) is 0.850. The summed E-state index contributed by atoms with van der Waals surface area (Å²) in [7, 11) is 1.27. The molecular weight excluding hydrogens is 342 g/mol. The number of carboxylic acid groups (broad SMARTS) is 1. The fraction of sp³-hybridized carbons (Fsp3) is 0.429. The van der Waals surface area contributed by atoms with E-state index in [4.69, 9.17) is 14.6 Å². The first kappa shape index (κ1) is 16.9. The highest BCUT2D eigenvalue weighted by Gasteiger charge is 2.48. The van der Waals surface area contributed by atoms with E-state index in [2.05, 4.69) is 15.0 Å². The number of fused-ring (bicyclic) bond motifs is 1. The predicted octanol–water partition coefficient (Wildman–Crippen LogP) is 1.51. The number of carbonyl (C=O) groups is 1. The van der Waals surface area contributed by atoms with Crippen LogP contribution in [0.3, 0.4) is 0 Å². The van der Waals surface area contributed by atoms with Crippen molar-refractivity contribution in [2.75, 3.05) is 20.2 Å². The number of nitrogens with zero attached hydrogens (tertiary/aromatic N) is 4. The van der Waals surface area contributed by atoms with Crippen molar-refractivity contribution in [1.29, 1.82) is 0 Å². The van der Waals surface area contributed by atoms with Gasteiger partial charge in [0.05, 0.1) is 25.4 Å². The van der Waals surface area contributed by atoms with Crippen molar-refractivity contribution in [3.63, 3.8) is 0 Å². The number of halogens is 2. The van der Waals surface area contributed by atoms with Crippen molar-refractivity contribution in [2.24, 2.45) is 0 Å². The average molecular weight is 356 g/mol. The zero-order valence-corrected chi connectivity index (χ0v) is 13.0. The molecular formula is C14H14F2N4O5. The Morgan fingerprint density at radius 2 is 2.16 bits per heavy atom. The van der Waals surface area contributed by atoms with Crippen LogP contribution in [0.15, 0.2) is 12.5 Å². The van der Waals surface area contributed by atoms with Crippen LogP contribution in [-0.4, -0.2) is 68.4 Å². The van der Waals surface area contributed by atoms with Gasteiger partial charge in [0.15, 0.2) is 11.9 Å². The molecule has 11 heteroatoms. The van der Waals surface area contributed by atoms with Crippen molar-refractivity contribution in [2.45, 2.75) is 18.4 Å². The van der Waals surface area contributed by atoms with E-state index < -0.39 is 30.5 Å². The van der Waals surface area contributed by atoms with E-state index in [9.17, 15) is 18.7 Å². The van der Waals surface area contributed by atoms with Gasteiger partial charge in [-0.3, -0.25) is 0 Å². The smallest absolute Gasteiger partial charge is 0.407 e. The molecule has 25 heavy (non-hydrogen) atoms. The van der Waals surface area contributed by atoms with Crippen LogP contribution in [0, 0.1) is 0 Å². The van der Waals surface area contributed by atoms with Gasteiger partial charge in [-0.15, -0.1) is 0 Å². The van der Waals surface area contributed by atoms with Crippen LogP contribution >= 0.6 is 0 Å². The second-order valence-corrected chi connectivity index (χ2v) is 5.41. The first-order chi connectivity index (χ1) is 11.8. The number of pyridine rings is 1. The Balaban J connectivity index is 1.99. The van der Waals surface area contributed by atoms with Gasteiger partial charge in [-0.25, -0.2) is 28.5 Å². The van der Waals surface area contributed by atoms with Crippen LogP contribution in [0.4, 0.5) is 13.6 Å². The number of alkyl halides is 2. The Bertz CT molecular complexity index is 819.